The van der Waals surface area contributed by atoms with Crippen molar-refractivity contribution in [3.63, 3.8) is 0 Å². The van der Waals surface area contributed by atoms with Crippen LogP contribution in [0.25, 0.3) is 0 Å². The van der Waals surface area contributed by atoms with E-state index in [9.17, 15) is 14.4 Å². The molecule has 1 atom stereocenters. The van der Waals surface area contributed by atoms with Crippen molar-refractivity contribution in [1.29, 1.82) is 0 Å². The lowest BCUT2D eigenvalue weighted by atomic mass is 9.87. The summed E-state index contributed by atoms with van der Waals surface area (Å²) in [6.45, 7) is 10.3. The number of amides is 1. The fourth-order valence-corrected chi connectivity index (χ4v) is 4.95. The van der Waals surface area contributed by atoms with Crippen LogP contribution in [-0.2, 0) is 28.6 Å². The first-order chi connectivity index (χ1) is 15.6. The van der Waals surface area contributed by atoms with Gasteiger partial charge in [-0.05, 0) is 66.2 Å². The van der Waals surface area contributed by atoms with E-state index in [4.69, 9.17) is 14.2 Å². The maximum atomic E-state index is 13.9. The van der Waals surface area contributed by atoms with E-state index in [2.05, 4.69) is 4.90 Å². The molecule has 2 saturated heterocycles. The van der Waals surface area contributed by atoms with Crippen LogP contribution in [0, 0.1) is 5.92 Å². The molecule has 2 heterocycles. The van der Waals surface area contributed by atoms with Gasteiger partial charge in [-0.3, -0.25) is 14.5 Å². The van der Waals surface area contributed by atoms with Crippen molar-refractivity contribution >= 4 is 17.8 Å². The highest BCUT2D eigenvalue weighted by Crippen LogP contribution is 2.36. The number of hydrogen-bond acceptors (Lipinski definition) is 8. The zero-order valence-corrected chi connectivity index (χ0v) is 20.9. The summed E-state index contributed by atoms with van der Waals surface area (Å²) in [5, 5.41) is 0. The van der Waals surface area contributed by atoms with Crippen molar-refractivity contribution in [3.05, 3.63) is 0 Å². The van der Waals surface area contributed by atoms with Gasteiger partial charge < -0.3 is 19.1 Å². The van der Waals surface area contributed by atoms with E-state index in [1.807, 2.05) is 32.6 Å². The lowest BCUT2D eigenvalue weighted by Crippen LogP contribution is -2.72. The molecule has 0 aromatic heterocycles. The highest BCUT2D eigenvalue weighted by molar-refractivity contribution is 5.83. The highest BCUT2D eigenvalue weighted by Gasteiger charge is 2.56. The quantitative estimate of drug-likeness (QED) is 0.526. The predicted molar refractivity (Wildman–Crippen MR) is 122 cm³/mol. The fraction of sp³-hybridized carbons (Fsp3) is 0.875. The Bertz CT molecular complexity index is 709. The van der Waals surface area contributed by atoms with Crippen LogP contribution in [0.1, 0.15) is 66.2 Å². The number of carbonyl (C=O) groups is 3. The molecular formula is C24H41N3O6. The van der Waals surface area contributed by atoms with Gasteiger partial charge in [0.15, 0.2) is 0 Å². The molecule has 3 aliphatic rings. The van der Waals surface area contributed by atoms with Gasteiger partial charge in [-0.15, -0.1) is 0 Å². The predicted octanol–water partition coefficient (Wildman–Crippen LogP) is 1.99. The molecule has 0 bridgehead atoms. The van der Waals surface area contributed by atoms with E-state index in [-0.39, 0.29) is 30.4 Å². The van der Waals surface area contributed by atoms with E-state index < -0.39 is 17.4 Å². The number of esters is 2. The van der Waals surface area contributed by atoms with Crippen molar-refractivity contribution in [3.8, 4) is 0 Å². The maximum absolute atomic E-state index is 13.9. The molecule has 3 fully saturated rings. The van der Waals surface area contributed by atoms with E-state index in [1.165, 1.54) is 0 Å². The largest absolute Gasteiger partial charge is 0.466 e. The normalized spacial score (nSPS) is 27.3. The van der Waals surface area contributed by atoms with Crippen molar-refractivity contribution in [2.75, 3.05) is 46.4 Å². The van der Waals surface area contributed by atoms with Crippen LogP contribution >= 0.6 is 0 Å². The van der Waals surface area contributed by atoms with Crippen molar-refractivity contribution in [2.45, 2.75) is 83.8 Å². The Balaban J connectivity index is 1.87. The zero-order chi connectivity index (χ0) is 24.2. The van der Waals surface area contributed by atoms with E-state index >= 15 is 0 Å². The van der Waals surface area contributed by atoms with E-state index in [0.717, 1.165) is 12.8 Å². The molecule has 1 saturated carbocycles. The Morgan fingerprint density at radius 1 is 0.970 bits per heavy atom. The number of rotatable bonds is 7. The summed E-state index contributed by atoms with van der Waals surface area (Å²) in [5.41, 5.74) is -0.691. The first-order valence-electron chi connectivity index (χ1n) is 12.4. The number of likely N-dealkylation sites (N-methyl/N-ethyl adjacent to an activating group) is 1. The van der Waals surface area contributed by atoms with Crippen LogP contribution in [0.2, 0.25) is 0 Å². The lowest BCUT2D eigenvalue weighted by Gasteiger charge is -2.50. The molecule has 9 heteroatoms. The molecule has 9 nitrogen and oxygen atoms in total. The SMILES string of the molecule is CCOC(=O)C1CCC(OC(C(=O)OC(C)(C)C)(N2CCCC2)N2CCN(C)C(=O)C2)CC1. The monoisotopic (exact) mass is 467 g/mol. The topological polar surface area (TPSA) is 88.6 Å². The second-order valence-corrected chi connectivity index (χ2v) is 10.4. The Hall–Kier alpha value is -1.71. The van der Waals surface area contributed by atoms with Crippen molar-refractivity contribution < 1.29 is 28.6 Å². The number of carbonyl (C=O) groups excluding carboxylic acids is 3. The Morgan fingerprint density at radius 3 is 2.15 bits per heavy atom. The van der Waals surface area contributed by atoms with Crippen molar-refractivity contribution in [2.24, 2.45) is 5.92 Å². The minimum atomic E-state index is -1.44. The van der Waals surface area contributed by atoms with Gasteiger partial charge in [0.1, 0.15) is 5.60 Å². The van der Waals surface area contributed by atoms with Crippen LogP contribution in [0.15, 0.2) is 0 Å². The molecule has 1 unspecified atom stereocenters. The summed E-state index contributed by atoms with van der Waals surface area (Å²) in [5.74, 6) is -2.22. The molecule has 1 aliphatic carbocycles. The molecule has 0 spiro atoms. The average molecular weight is 468 g/mol. The van der Waals surface area contributed by atoms with Gasteiger partial charge in [-0.1, -0.05) is 0 Å². The van der Waals surface area contributed by atoms with Gasteiger partial charge in [0, 0.05) is 33.2 Å². The third-order valence-corrected chi connectivity index (χ3v) is 6.71. The third-order valence-electron chi connectivity index (χ3n) is 6.71. The molecule has 188 valence electrons. The molecule has 0 aromatic rings. The molecule has 33 heavy (non-hydrogen) atoms. The summed E-state index contributed by atoms with van der Waals surface area (Å²) in [6, 6.07) is 0. The number of likely N-dealkylation sites (tertiary alicyclic amines) is 1. The van der Waals surface area contributed by atoms with Gasteiger partial charge in [-0.2, -0.15) is 0 Å². The summed E-state index contributed by atoms with van der Waals surface area (Å²) in [4.78, 5) is 44.3. The molecular weight excluding hydrogens is 426 g/mol. The second-order valence-electron chi connectivity index (χ2n) is 10.4. The zero-order valence-electron chi connectivity index (χ0n) is 20.9. The number of hydrogen-bond donors (Lipinski definition) is 0. The molecule has 1 amide bonds. The van der Waals surface area contributed by atoms with Gasteiger partial charge in [0.25, 0.3) is 5.85 Å². The van der Waals surface area contributed by atoms with Gasteiger partial charge in [0.05, 0.1) is 25.2 Å². The van der Waals surface area contributed by atoms with Gasteiger partial charge in [-0.25, -0.2) is 9.69 Å². The van der Waals surface area contributed by atoms with Crippen LogP contribution < -0.4 is 0 Å². The van der Waals surface area contributed by atoms with Crippen LogP contribution in [0.4, 0.5) is 0 Å². The van der Waals surface area contributed by atoms with Crippen LogP contribution in [0.5, 0.6) is 0 Å². The number of nitrogens with zero attached hydrogens (tertiary/aromatic N) is 3. The Kier molecular flexibility index (Phi) is 8.40. The standard InChI is InChI=1S/C24H41N3O6/c1-6-31-21(29)18-9-11-19(12-10-18)32-24(26-13-7-8-14-26,22(30)33-23(2,3)4)27-16-15-25(5)20(28)17-27/h18-19H,6-17H2,1-5H3. The van der Waals surface area contributed by atoms with E-state index in [1.54, 1.807) is 11.9 Å². The molecule has 0 N–H and O–H groups in total. The first kappa shape index (κ1) is 25.9. The number of piperazine rings is 1. The number of ether oxygens (including phenoxy) is 3. The molecule has 0 radical (unpaired) electrons. The molecule has 2 aliphatic heterocycles. The summed E-state index contributed by atoms with van der Waals surface area (Å²) >= 11 is 0. The molecule has 0 aromatic carbocycles. The first-order valence-corrected chi connectivity index (χ1v) is 12.4. The van der Waals surface area contributed by atoms with Crippen LogP contribution in [0.3, 0.4) is 0 Å². The minimum absolute atomic E-state index is 0.0389. The van der Waals surface area contributed by atoms with E-state index in [0.29, 0.717) is 58.5 Å². The summed E-state index contributed by atoms with van der Waals surface area (Å²) in [6.07, 6.45) is 4.35. The van der Waals surface area contributed by atoms with Crippen molar-refractivity contribution in [1.82, 2.24) is 14.7 Å². The van der Waals surface area contributed by atoms with Gasteiger partial charge >= 0.3 is 11.9 Å². The Labute approximate surface area is 197 Å². The summed E-state index contributed by atoms with van der Waals surface area (Å²) in [7, 11) is 1.78. The van der Waals surface area contributed by atoms with Gasteiger partial charge in [0.2, 0.25) is 5.91 Å². The Morgan fingerprint density at radius 2 is 1.61 bits per heavy atom. The minimum Gasteiger partial charge on any atom is -0.466 e. The molecule has 3 rings (SSSR count). The lowest BCUT2D eigenvalue weighted by molar-refractivity contribution is -0.279. The maximum Gasteiger partial charge on any atom is 0.371 e. The third kappa shape index (κ3) is 6.05. The average Bonchev–Trinajstić information content (AvgIpc) is 3.28. The van der Waals surface area contributed by atoms with Crippen LogP contribution in [-0.4, -0.2) is 96.5 Å². The summed E-state index contributed by atoms with van der Waals surface area (Å²) < 4.78 is 17.9. The smallest absolute Gasteiger partial charge is 0.371 e. The fourth-order valence-electron chi connectivity index (χ4n) is 4.95. The second kappa shape index (κ2) is 10.7. The highest BCUT2D eigenvalue weighted by atomic mass is 16.6.